The van der Waals surface area contributed by atoms with E-state index in [-0.39, 0.29) is 39.4 Å². The fourth-order valence-electron chi connectivity index (χ4n) is 0.399. The minimum atomic E-state index is -0.0169. The molecule has 0 spiro atoms. The van der Waals surface area contributed by atoms with Crippen LogP contribution in [0.5, 0.6) is 0 Å². The third kappa shape index (κ3) is 6.20. The predicted octanol–water partition coefficient (Wildman–Crippen LogP) is 0.591. The average Bonchev–Trinajstić information content (AvgIpc) is 1.67. The Morgan fingerprint density at radius 3 is 2.11 bits per heavy atom. The molecule has 0 aliphatic rings. The number of ketones is 1. The number of hydrogen-bond donors (Lipinski definition) is 1. The van der Waals surface area contributed by atoms with Gasteiger partial charge in [-0.3, -0.25) is 4.79 Å². The minimum absolute atomic E-state index is 0. The molecule has 0 aliphatic heterocycles. The second-order valence-corrected chi connectivity index (χ2v) is 2.09. The summed E-state index contributed by atoms with van der Waals surface area (Å²) >= 11 is 0. The van der Waals surface area contributed by atoms with Gasteiger partial charge in [0.2, 0.25) is 0 Å². The van der Waals surface area contributed by atoms with Crippen molar-refractivity contribution in [3.05, 3.63) is 0 Å². The molecule has 0 amide bonds. The summed E-state index contributed by atoms with van der Waals surface area (Å²) in [6.07, 6.45) is 0.303. The Kier molecular flexibility index (Phi) is 8.61. The van der Waals surface area contributed by atoms with Crippen molar-refractivity contribution in [2.45, 2.75) is 20.3 Å². The summed E-state index contributed by atoms with van der Waals surface area (Å²) in [5.41, 5.74) is 0. The van der Waals surface area contributed by atoms with Crippen molar-refractivity contribution in [3.63, 3.8) is 0 Å². The number of carbonyl (C=O) groups is 1. The van der Waals surface area contributed by atoms with Gasteiger partial charge in [-0.1, -0.05) is 13.8 Å². The second-order valence-electron chi connectivity index (χ2n) is 2.09. The van der Waals surface area contributed by atoms with Gasteiger partial charge >= 0.3 is 0 Å². The molecule has 9 heavy (non-hydrogen) atoms. The fraction of sp³-hybridized carbons (Fsp3) is 0.833. The molecular weight excluding hydrogens is 288 g/mol. The van der Waals surface area contributed by atoms with E-state index in [9.17, 15) is 4.79 Å². The van der Waals surface area contributed by atoms with Crippen molar-refractivity contribution < 1.29 is 31.0 Å². The normalized spacial score (nSPS) is 8.89. The van der Waals surface area contributed by atoms with Gasteiger partial charge in [-0.2, -0.15) is 0 Å². The van der Waals surface area contributed by atoms with E-state index >= 15 is 0 Å². The van der Waals surface area contributed by atoms with E-state index in [2.05, 4.69) is 0 Å². The first-order valence-electron chi connectivity index (χ1n) is 2.82. The van der Waals surface area contributed by atoms with Crippen LogP contribution in [0.1, 0.15) is 20.3 Å². The van der Waals surface area contributed by atoms with Gasteiger partial charge in [-0.15, -0.1) is 0 Å². The molecule has 0 aliphatic carbocycles. The first-order valence-corrected chi connectivity index (χ1v) is 2.82. The number of aliphatic hydroxyl groups is 1. The average molecular weight is 300 g/mol. The first-order chi connectivity index (χ1) is 3.68. The van der Waals surface area contributed by atoms with Crippen molar-refractivity contribution in [1.29, 1.82) is 0 Å². The zero-order valence-corrected chi connectivity index (χ0v) is 8.69. The summed E-state index contributed by atoms with van der Waals surface area (Å²) in [4.78, 5) is 10.6. The molecule has 0 rings (SSSR count). The minimum Gasteiger partial charge on any atom is -0.396 e. The van der Waals surface area contributed by atoms with E-state index < -0.39 is 0 Å². The molecule has 0 saturated carbocycles. The summed E-state index contributed by atoms with van der Waals surface area (Å²) in [5, 5.41) is 8.26. The van der Waals surface area contributed by atoms with Gasteiger partial charge in [0.05, 0.1) is 0 Å². The molecule has 0 aromatic rings. The fourth-order valence-corrected chi connectivity index (χ4v) is 0.399. The van der Waals surface area contributed by atoms with Gasteiger partial charge in [0.15, 0.2) is 0 Å². The standard InChI is InChI=1S/C6H12O2.W/c1-5(2)6(8)3-4-7;/h5,7H,3-4H2,1-2H3;. The van der Waals surface area contributed by atoms with E-state index in [0.29, 0.717) is 6.42 Å². The van der Waals surface area contributed by atoms with Crippen molar-refractivity contribution in [2.75, 3.05) is 6.61 Å². The first kappa shape index (κ1) is 12.0. The van der Waals surface area contributed by atoms with Crippen LogP contribution < -0.4 is 0 Å². The van der Waals surface area contributed by atoms with Gasteiger partial charge in [0, 0.05) is 40.0 Å². The predicted molar refractivity (Wildman–Crippen MR) is 31.5 cm³/mol. The number of rotatable bonds is 3. The molecular formula is C6H12O2W. The van der Waals surface area contributed by atoms with Crippen LogP contribution in [0.25, 0.3) is 0 Å². The molecule has 54 valence electrons. The SMILES string of the molecule is CC(C)C(=O)CCO.[W]. The quantitative estimate of drug-likeness (QED) is 0.828. The maximum atomic E-state index is 10.6. The molecule has 0 unspecified atom stereocenters. The maximum absolute atomic E-state index is 10.6. The van der Waals surface area contributed by atoms with E-state index in [1.165, 1.54) is 0 Å². The second kappa shape index (κ2) is 6.44. The number of aliphatic hydroxyl groups excluding tert-OH is 1. The Labute approximate surface area is 69.9 Å². The third-order valence-corrected chi connectivity index (χ3v) is 1.00. The van der Waals surface area contributed by atoms with Crippen molar-refractivity contribution in [2.24, 2.45) is 5.92 Å². The molecule has 0 radical (unpaired) electrons. The van der Waals surface area contributed by atoms with E-state index in [0.717, 1.165) is 0 Å². The molecule has 0 heterocycles. The Hall–Kier alpha value is 0.318. The molecule has 1 N–H and O–H groups in total. The van der Waals surface area contributed by atoms with Crippen molar-refractivity contribution in [1.82, 2.24) is 0 Å². The van der Waals surface area contributed by atoms with Crippen LogP contribution in [-0.2, 0) is 25.9 Å². The Morgan fingerprint density at radius 2 is 2.00 bits per heavy atom. The topological polar surface area (TPSA) is 37.3 Å². The molecule has 0 bridgehead atoms. The van der Waals surface area contributed by atoms with E-state index in [1.54, 1.807) is 0 Å². The van der Waals surface area contributed by atoms with Crippen LogP contribution in [0.4, 0.5) is 0 Å². The Bertz CT molecular complexity index is 81.1. The van der Waals surface area contributed by atoms with Crippen LogP contribution in [0.15, 0.2) is 0 Å². The van der Waals surface area contributed by atoms with Crippen LogP contribution in [0, 0.1) is 5.92 Å². The third-order valence-electron chi connectivity index (χ3n) is 1.00. The molecule has 0 atom stereocenters. The zero-order valence-electron chi connectivity index (χ0n) is 5.76. The van der Waals surface area contributed by atoms with Gasteiger partial charge in [0.1, 0.15) is 5.78 Å². The summed E-state index contributed by atoms with van der Waals surface area (Å²) in [7, 11) is 0. The summed E-state index contributed by atoms with van der Waals surface area (Å²) < 4.78 is 0. The molecule has 0 aromatic heterocycles. The molecule has 0 saturated heterocycles. The van der Waals surface area contributed by atoms with Gasteiger partial charge in [0.25, 0.3) is 0 Å². The van der Waals surface area contributed by atoms with Crippen LogP contribution in [-0.4, -0.2) is 17.5 Å². The van der Waals surface area contributed by atoms with Crippen molar-refractivity contribution in [3.8, 4) is 0 Å². The van der Waals surface area contributed by atoms with Crippen LogP contribution in [0.2, 0.25) is 0 Å². The van der Waals surface area contributed by atoms with Crippen LogP contribution in [0.3, 0.4) is 0 Å². The van der Waals surface area contributed by atoms with E-state index in [1.807, 2.05) is 13.8 Å². The van der Waals surface area contributed by atoms with Gasteiger partial charge in [-0.25, -0.2) is 0 Å². The van der Waals surface area contributed by atoms with Crippen molar-refractivity contribution >= 4 is 5.78 Å². The van der Waals surface area contributed by atoms with Crippen LogP contribution >= 0.6 is 0 Å². The van der Waals surface area contributed by atoms with Gasteiger partial charge in [-0.05, 0) is 0 Å². The summed E-state index contributed by atoms with van der Waals surface area (Å²) in [5.74, 6) is 0.203. The molecule has 3 heteroatoms. The number of hydrogen-bond acceptors (Lipinski definition) is 2. The monoisotopic (exact) mass is 300 g/mol. The Balaban J connectivity index is 0. The summed E-state index contributed by atoms with van der Waals surface area (Å²) in [6, 6.07) is 0. The molecule has 0 fully saturated rings. The van der Waals surface area contributed by atoms with E-state index in [4.69, 9.17) is 5.11 Å². The summed E-state index contributed by atoms with van der Waals surface area (Å²) in [6.45, 7) is 3.65. The Morgan fingerprint density at radius 1 is 1.56 bits per heavy atom. The molecule has 2 nitrogen and oxygen atoms in total. The van der Waals surface area contributed by atoms with Gasteiger partial charge < -0.3 is 5.11 Å². The largest absolute Gasteiger partial charge is 0.396 e. The zero-order chi connectivity index (χ0) is 6.57. The maximum Gasteiger partial charge on any atom is 0.137 e. The molecule has 0 aromatic carbocycles. The number of Topliss-reactive ketones (excluding diaryl/α,β-unsaturated/α-hetero) is 1. The number of carbonyl (C=O) groups excluding carboxylic acids is 1. The smallest absolute Gasteiger partial charge is 0.137 e.